The standard InChI is InChI=1S/C11H7N5O3/c17-11-9-5-14-15(10(9)12-6-13-11)7-1-3-8(4-2-7)16(18)19/h1-6H,(H,12,13,17). The average molecular weight is 257 g/mol. The minimum Gasteiger partial charge on any atom is -0.312 e. The third-order valence-corrected chi connectivity index (χ3v) is 2.68. The van der Waals surface area contributed by atoms with E-state index in [1.165, 1.54) is 29.3 Å². The zero-order valence-electron chi connectivity index (χ0n) is 9.48. The van der Waals surface area contributed by atoms with Crippen molar-refractivity contribution < 1.29 is 4.92 Å². The van der Waals surface area contributed by atoms with E-state index in [0.717, 1.165) is 0 Å². The molecule has 2 heterocycles. The van der Waals surface area contributed by atoms with Crippen molar-refractivity contribution in [1.82, 2.24) is 19.7 Å². The van der Waals surface area contributed by atoms with E-state index in [2.05, 4.69) is 15.1 Å². The minimum atomic E-state index is -0.478. The van der Waals surface area contributed by atoms with E-state index >= 15 is 0 Å². The predicted molar refractivity (Wildman–Crippen MR) is 66.1 cm³/mol. The molecule has 0 aliphatic heterocycles. The molecule has 0 aliphatic carbocycles. The summed E-state index contributed by atoms with van der Waals surface area (Å²) in [5.41, 5.74) is 0.709. The van der Waals surface area contributed by atoms with Gasteiger partial charge in [-0.25, -0.2) is 9.67 Å². The molecule has 3 rings (SSSR count). The van der Waals surface area contributed by atoms with Crippen molar-refractivity contribution in [1.29, 1.82) is 0 Å². The number of nitro benzene ring substituents is 1. The quantitative estimate of drug-likeness (QED) is 0.544. The Morgan fingerprint density at radius 1 is 1.26 bits per heavy atom. The molecule has 2 aromatic heterocycles. The van der Waals surface area contributed by atoms with Gasteiger partial charge in [-0.15, -0.1) is 0 Å². The fraction of sp³-hybridized carbons (Fsp3) is 0. The minimum absolute atomic E-state index is 0.00832. The Balaban J connectivity index is 2.17. The summed E-state index contributed by atoms with van der Waals surface area (Å²) in [6.07, 6.45) is 2.69. The summed E-state index contributed by atoms with van der Waals surface area (Å²) < 4.78 is 1.45. The molecule has 0 spiro atoms. The zero-order valence-corrected chi connectivity index (χ0v) is 9.48. The monoisotopic (exact) mass is 257 g/mol. The van der Waals surface area contributed by atoms with Crippen LogP contribution in [0.1, 0.15) is 0 Å². The first-order chi connectivity index (χ1) is 9.16. The van der Waals surface area contributed by atoms with Gasteiger partial charge in [0.1, 0.15) is 5.39 Å². The lowest BCUT2D eigenvalue weighted by Crippen LogP contribution is -2.06. The first-order valence-electron chi connectivity index (χ1n) is 5.33. The molecule has 94 valence electrons. The summed E-state index contributed by atoms with van der Waals surface area (Å²) in [7, 11) is 0. The SMILES string of the molecule is O=c1[nH]cnc2c1cnn2-c1ccc([N+](=O)[O-])cc1. The van der Waals surface area contributed by atoms with Crippen LogP contribution < -0.4 is 5.56 Å². The summed E-state index contributed by atoms with van der Waals surface area (Å²) in [6, 6.07) is 5.84. The molecular formula is C11H7N5O3. The second kappa shape index (κ2) is 4.02. The van der Waals surface area contributed by atoms with Crippen molar-refractivity contribution in [3.63, 3.8) is 0 Å². The summed E-state index contributed by atoms with van der Waals surface area (Å²) in [5.74, 6) is 0. The van der Waals surface area contributed by atoms with Crippen molar-refractivity contribution >= 4 is 16.7 Å². The molecule has 8 nitrogen and oxygen atoms in total. The Hall–Kier alpha value is -3.03. The normalized spacial score (nSPS) is 10.7. The van der Waals surface area contributed by atoms with Gasteiger partial charge in [0.2, 0.25) is 0 Å². The highest BCUT2D eigenvalue weighted by Crippen LogP contribution is 2.17. The topological polar surface area (TPSA) is 107 Å². The Bertz CT molecular complexity index is 818. The third kappa shape index (κ3) is 1.75. The van der Waals surface area contributed by atoms with Crippen LogP contribution in [-0.4, -0.2) is 24.7 Å². The van der Waals surface area contributed by atoms with Gasteiger partial charge in [0.05, 0.1) is 23.1 Å². The third-order valence-electron chi connectivity index (χ3n) is 2.68. The number of nitrogens with one attached hydrogen (secondary N) is 1. The number of nitro groups is 1. The lowest BCUT2D eigenvalue weighted by atomic mass is 10.3. The van der Waals surface area contributed by atoms with Gasteiger partial charge in [-0.1, -0.05) is 0 Å². The number of benzene rings is 1. The first-order valence-corrected chi connectivity index (χ1v) is 5.33. The maximum atomic E-state index is 11.5. The van der Waals surface area contributed by atoms with E-state index in [0.29, 0.717) is 16.7 Å². The lowest BCUT2D eigenvalue weighted by Gasteiger charge is -2.01. The number of rotatable bonds is 2. The molecule has 0 atom stereocenters. The van der Waals surface area contributed by atoms with Crippen molar-refractivity contribution in [2.45, 2.75) is 0 Å². The summed E-state index contributed by atoms with van der Waals surface area (Å²) in [4.78, 5) is 28.1. The smallest absolute Gasteiger partial charge is 0.269 e. The first kappa shape index (κ1) is 11.1. The summed E-state index contributed by atoms with van der Waals surface area (Å²) in [6.45, 7) is 0. The van der Waals surface area contributed by atoms with E-state index in [4.69, 9.17) is 0 Å². The molecule has 19 heavy (non-hydrogen) atoms. The molecular weight excluding hydrogens is 250 g/mol. The van der Waals surface area contributed by atoms with Crippen LogP contribution >= 0.6 is 0 Å². The molecule has 8 heteroatoms. The highest BCUT2D eigenvalue weighted by atomic mass is 16.6. The van der Waals surface area contributed by atoms with E-state index < -0.39 is 4.92 Å². The zero-order chi connectivity index (χ0) is 13.4. The largest absolute Gasteiger partial charge is 0.312 e. The summed E-state index contributed by atoms with van der Waals surface area (Å²) >= 11 is 0. The van der Waals surface area contributed by atoms with Gasteiger partial charge in [-0.05, 0) is 12.1 Å². The molecule has 0 saturated heterocycles. The van der Waals surface area contributed by atoms with Crippen molar-refractivity contribution in [3.05, 3.63) is 57.3 Å². The van der Waals surface area contributed by atoms with Crippen molar-refractivity contribution in [2.24, 2.45) is 0 Å². The number of non-ortho nitro benzene ring substituents is 1. The highest BCUT2D eigenvalue weighted by Gasteiger charge is 2.10. The molecule has 3 aromatic rings. The van der Waals surface area contributed by atoms with Crippen LogP contribution in [0.15, 0.2) is 41.6 Å². The maximum absolute atomic E-state index is 11.5. The van der Waals surface area contributed by atoms with Crippen molar-refractivity contribution in [3.8, 4) is 5.69 Å². The Morgan fingerprint density at radius 2 is 2.00 bits per heavy atom. The summed E-state index contributed by atoms with van der Waals surface area (Å²) in [5, 5.41) is 15.0. The maximum Gasteiger partial charge on any atom is 0.269 e. The molecule has 0 unspecified atom stereocenters. The second-order valence-electron chi connectivity index (χ2n) is 3.80. The van der Waals surface area contributed by atoms with E-state index in [1.807, 2.05) is 0 Å². The number of fused-ring (bicyclic) bond motifs is 1. The van der Waals surface area contributed by atoms with Gasteiger partial charge in [0.25, 0.3) is 11.2 Å². The van der Waals surface area contributed by atoms with Gasteiger partial charge in [0, 0.05) is 12.1 Å². The van der Waals surface area contributed by atoms with E-state index in [-0.39, 0.29) is 11.2 Å². The van der Waals surface area contributed by atoms with Crippen LogP contribution in [0.4, 0.5) is 5.69 Å². The molecule has 0 fully saturated rings. The Morgan fingerprint density at radius 3 is 2.68 bits per heavy atom. The average Bonchev–Trinajstić information content (AvgIpc) is 2.84. The number of hydrogen-bond donors (Lipinski definition) is 1. The Kier molecular flexibility index (Phi) is 2.34. The molecule has 0 saturated carbocycles. The van der Waals surface area contributed by atoms with Crippen LogP contribution in [0, 0.1) is 10.1 Å². The number of hydrogen-bond acceptors (Lipinski definition) is 5. The van der Waals surface area contributed by atoms with Crippen LogP contribution in [0.2, 0.25) is 0 Å². The second-order valence-corrected chi connectivity index (χ2v) is 3.80. The number of H-pyrrole nitrogens is 1. The van der Waals surface area contributed by atoms with Crippen LogP contribution in [-0.2, 0) is 0 Å². The van der Waals surface area contributed by atoms with Crippen LogP contribution in [0.5, 0.6) is 0 Å². The molecule has 0 bridgehead atoms. The van der Waals surface area contributed by atoms with E-state index in [1.54, 1.807) is 12.1 Å². The number of nitrogens with zero attached hydrogens (tertiary/aromatic N) is 4. The molecule has 0 radical (unpaired) electrons. The predicted octanol–water partition coefficient (Wildman–Crippen LogP) is 1.02. The van der Waals surface area contributed by atoms with Gasteiger partial charge in [-0.3, -0.25) is 14.9 Å². The number of aromatic amines is 1. The Labute approximate surface area is 105 Å². The molecule has 1 aromatic carbocycles. The molecule has 1 N–H and O–H groups in total. The van der Waals surface area contributed by atoms with Gasteiger partial charge < -0.3 is 4.98 Å². The molecule has 0 aliphatic rings. The van der Waals surface area contributed by atoms with Crippen LogP contribution in [0.3, 0.4) is 0 Å². The van der Waals surface area contributed by atoms with Gasteiger partial charge in [-0.2, -0.15) is 5.10 Å². The number of aromatic nitrogens is 4. The van der Waals surface area contributed by atoms with Gasteiger partial charge >= 0.3 is 0 Å². The van der Waals surface area contributed by atoms with E-state index in [9.17, 15) is 14.9 Å². The van der Waals surface area contributed by atoms with Crippen LogP contribution in [0.25, 0.3) is 16.7 Å². The highest BCUT2D eigenvalue weighted by molar-refractivity contribution is 5.74. The van der Waals surface area contributed by atoms with Crippen molar-refractivity contribution in [2.75, 3.05) is 0 Å². The molecule has 0 amide bonds. The fourth-order valence-electron chi connectivity index (χ4n) is 1.76. The fourth-order valence-corrected chi connectivity index (χ4v) is 1.76. The lowest BCUT2D eigenvalue weighted by molar-refractivity contribution is -0.384. The van der Waals surface area contributed by atoms with Gasteiger partial charge in [0.15, 0.2) is 5.65 Å².